The van der Waals surface area contributed by atoms with Crippen molar-refractivity contribution in [2.24, 2.45) is 0 Å². The number of ether oxygens (including phenoxy) is 4. The number of carbonyl (C=O) groups excluding carboxylic acids is 1. The Kier molecular flexibility index (Phi) is 11.2. The van der Waals surface area contributed by atoms with Gasteiger partial charge in [0.05, 0.1) is 7.11 Å². The third kappa shape index (κ3) is 9.21. The summed E-state index contributed by atoms with van der Waals surface area (Å²) < 4.78 is 52.5. The van der Waals surface area contributed by atoms with Gasteiger partial charge in [-0.05, 0) is 53.9 Å². The predicted molar refractivity (Wildman–Crippen MR) is 182 cm³/mol. The van der Waals surface area contributed by atoms with Crippen LogP contribution in [-0.4, -0.2) is 54.8 Å². The molecule has 3 heterocycles. The molecule has 0 atom stereocenters. The van der Waals surface area contributed by atoms with Crippen LogP contribution in [0.15, 0.2) is 102 Å². The highest BCUT2D eigenvalue weighted by Gasteiger charge is 2.26. The number of rotatable bonds is 12. The number of benzene rings is 2. The number of sulfonamides is 1. The first-order valence-electron chi connectivity index (χ1n) is 14.9. The normalized spacial score (nSPS) is 10.8. The molecule has 13 nitrogen and oxygen atoms in total. The fraction of sp³-hybridized carbons (Fsp3) is 0.171. The summed E-state index contributed by atoms with van der Waals surface area (Å²) in [5.74, 6) is 5.79. The number of para-hydroxylation sites is 3. The molecule has 0 saturated heterocycles. The summed E-state index contributed by atoms with van der Waals surface area (Å²) >= 11 is 0. The average Bonchev–Trinajstić information content (AvgIpc) is 3.11. The number of pyridine rings is 2. The van der Waals surface area contributed by atoms with Crippen molar-refractivity contribution in [2.75, 3.05) is 30.4 Å². The lowest BCUT2D eigenvalue weighted by Gasteiger charge is -2.18. The van der Waals surface area contributed by atoms with Crippen LogP contribution in [0.5, 0.6) is 23.1 Å². The summed E-state index contributed by atoms with van der Waals surface area (Å²) in [7, 11) is -2.81. The van der Waals surface area contributed by atoms with Crippen LogP contribution >= 0.6 is 0 Å². The van der Waals surface area contributed by atoms with Gasteiger partial charge < -0.3 is 18.9 Å². The van der Waals surface area contributed by atoms with Gasteiger partial charge in [0.2, 0.25) is 5.75 Å². The van der Waals surface area contributed by atoms with Crippen molar-refractivity contribution in [3.63, 3.8) is 0 Å². The minimum atomic E-state index is -4.28. The highest BCUT2D eigenvalue weighted by atomic mass is 32.2. The zero-order chi connectivity index (χ0) is 34.6. The summed E-state index contributed by atoms with van der Waals surface area (Å²) in [5.41, 5.74) is 1.97. The van der Waals surface area contributed by atoms with Crippen LogP contribution in [0.3, 0.4) is 0 Å². The van der Waals surface area contributed by atoms with E-state index in [0.717, 1.165) is 5.56 Å². The molecule has 2 aromatic carbocycles. The SMILES string of the molecule is COc1ccccc1Oc1c(NS(=O)(=O)c2ccc(C(C)C)cn2)nc(-c2ccncc2)nc1OCC#CCOC(=O)Nc1ccccc1. The van der Waals surface area contributed by atoms with Gasteiger partial charge in [0.25, 0.3) is 15.9 Å². The third-order valence-corrected chi connectivity index (χ3v) is 7.94. The summed E-state index contributed by atoms with van der Waals surface area (Å²) in [5, 5.41) is 2.37. The van der Waals surface area contributed by atoms with Gasteiger partial charge in [0, 0.05) is 29.8 Å². The molecule has 0 bridgehead atoms. The van der Waals surface area contributed by atoms with E-state index < -0.39 is 16.1 Å². The largest absolute Gasteiger partial charge is 0.493 e. The highest BCUT2D eigenvalue weighted by molar-refractivity contribution is 7.92. The van der Waals surface area contributed by atoms with E-state index in [9.17, 15) is 13.2 Å². The van der Waals surface area contributed by atoms with Crippen molar-refractivity contribution in [3.8, 4) is 46.4 Å². The van der Waals surface area contributed by atoms with Gasteiger partial charge in [-0.3, -0.25) is 15.0 Å². The minimum Gasteiger partial charge on any atom is -0.493 e. The zero-order valence-corrected chi connectivity index (χ0v) is 27.6. The average molecular weight is 681 g/mol. The van der Waals surface area contributed by atoms with E-state index in [1.165, 1.54) is 19.4 Å². The van der Waals surface area contributed by atoms with Crippen LogP contribution in [0.2, 0.25) is 0 Å². The van der Waals surface area contributed by atoms with Crippen LogP contribution in [0.1, 0.15) is 25.3 Å². The van der Waals surface area contributed by atoms with E-state index in [2.05, 4.69) is 41.8 Å². The molecule has 0 radical (unpaired) electrons. The van der Waals surface area contributed by atoms with Crippen molar-refractivity contribution < 1.29 is 32.2 Å². The van der Waals surface area contributed by atoms with Crippen LogP contribution in [0, 0.1) is 11.8 Å². The molecule has 0 aliphatic rings. The van der Waals surface area contributed by atoms with Gasteiger partial charge in [0.15, 0.2) is 41.4 Å². The molecule has 14 heteroatoms. The third-order valence-electron chi connectivity index (χ3n) is 6.69. The van der Waals surface area contributed by atoms with Crippen molar-refractivity contribution in [2.45, 2.75) is 24.8 Å². The summed E-state index contributed by atoms with van der Waals surface area (Å²) in [6, 6.07) is 22.0. The Labute approximate surface area is 283 Å². The number of carbonyl (C=O) groups is 1. The molecule has 0 spiro atoms. The predicted octanol–water partition coefficient (Wildman–Crippen LogP) is 6.29. The molecule has 1 amide bonds. The summed E-state index contributed by atoms with van der Waals surface area (Å²) in [6.45, 7) is 3.51. The second-order valence-electron chi connectivity index (χ2n) is 10.4. The first-order chi connectivity index (χ1) is 23.7. The number of hydrogen-bond acceptors (Lipinski definition) is 11. The lowest BCUT2D eigenvalue weighted by atomic mass is 10.1. The fourth-order valence-electron chi connectivity index (χ4n) is 4.19. The minimum absolute atomic E-state index is 0.111. The number of anilines is 2. The number of nitrogens with one attached hydrogen (secondary N) is 2. The highest BCUT2D eigenvalue weighted by Crippen LogP contribution is 2.41. The number of aromatic nitrogens is 4. The molecule has 0 saturated carbocycles. The Balaban J connectivity index is 1.47. The van der Waals surface area contributed by atoms with Crippen molar-refractivity contribution in [1.29, 1.82) is 0 Å². The van der Waals surface area contributed by atoms with Gasteiger partial charge in [-0.2, -0.15) is 13.4 Å². The van der Waals surface area contributed by atoms with Gasteiger partial charge >= 0.3 is 6.09 Å². The Bertz CT molecular complexity index is 2050. The molecule has 2 N–H and O–H groups in total. The van der Waals surface area contributed by atoms with Gasteiger partial charge in [-0.25, -0.2) is 14.8 Å². The lowest BCUT2D eigenvalue weighted by Crippen LogP contribution is -2.17. The molecule has 5 aromatic rings. The van der Waals surface area contributed by atoms with Gasteiger partial charge in [-0.15, -0.1) is 0 Å². The van der Waals surface area contributed by atoms with Crippen LogP contribution in [0.4, 0.5) is 16.3 Å². The van der Waals surface area contributed by atoms with Crippen LogP contribution in [0.25, 0.3) is 11.4 Å². The van der Waals surface area contributed by atoms with Gasteiger partial charge in [0.1, 0.15) is 0 Å². The Morgan fingerprint density at radius 2 is 1.59 bits per heavy atom. The van der Waals surface area contributed by atoms with E-state index in [4.69, 9.17) is 18.9 Å². The number of amides is 1. The first-order valence-corrected chi connectivity index (χ1v) is 16.4. The van der Waals surface area contributed by atoms with Crippen molar-refractivity contribution >= 4 is 27.6 Å². The lowest BCUT2D eigenvalue weighted by molar-refractivity contribution is 0.176. The van der Waals surface area contributed by atoms with Crippen LogP contribution in [-0.2, 0) is 14.8 Å². The molecular weight excluding hydrogens is 648 g/mol. The molecule has 0 aliphatic carbocycles. The maximum absolute atomic E-state index is 13.6. The summed E-state index contributed by atoms with van der Waals surface area (Å²) in [6.07, 6.45) is 3.93. The first kappa shape index (κ1) is 34.1. The second kappa shape index (κ2) is 16.1. The Morgan fingerprint density at radius 1 is 0.878 bits per heavy atom. The number of hydrogen-bond donors (Lipinski definition) is 2. The zero-order valence-electron chi connectivity index (χ0n) is 26.8. The van der Waals surface area contributed by atoms with Gasteiger partial charge in [-0.1, -0.05) is 62.1 Å². The van der Waals surface area contributed by atoms with E-state index in [1.54, 1.807) is 79.1 Å². The molecule has 0 unspecified atom stereocenters. The number of methoxy groups -OCH3 is 1. The Morgan fingerprint density at radius 3 is 2.29 bits per heavy atom. The molecule has 0 aliphatic heterocycles. The monoisotopic (exact) mass is 680 g/mol. The standard InChI is InChI=1S/C35H32N6O7S/c1-24(2)26-15-16-30(37-23-26)49(43,44)41-33-31(48-29-14-8-7-13-28(29)45-3)34(40-32(39-33)25-17-19-36-20-18-25)46-21-9-10-22-47-35(42)38-27-11-5-4-6-12-27/h4-8,11-20,23-24H,21-22H2,1-3H3,(H,38,42)(H,39,40,41). The second-order valence-corrected chi connectivity index (χ2v) is 12.0. The van der Waals surface area contributed by atoms with Crippen molar-refractivity contribution in [3.05, 3.63) is 103 Å². The maximum Gasteiger partial charge on any atom is 0.412 e. The number of nitrogens with zero attached hydrogens (tertiary/aromatic N) is 4. The quantitative estimate of drug-likeness (QED) is 0.142. The topological polar surface area (TPSA) is 164 Å². The molecule has 0 fully saturated rings. The van der Waals surface area contributed by atoms with Crippen LogP contribution < -0.4 is 24.2 Å². The van der Waals surface area contributed by atoms with Crippen molar-refractivity contribution in [1.82, 2.24) is 19.9 Å². The van der Waals surface area contributed by atoms with E-state index in [1.807, 2.05) is 19.9 Å². The fourth-order valence-corrected chi connectivity index (χ4v) is 5.12. The molecule has 3 aromatic heterocycles. The van der Waals surface area contributed by atoms with E-state index in [-0.39, 0.29) is 53.2 Å². The maximum atomic E-state index is 13.6. The molecule has 5 rings (SSSR count). The van der Waals surface area contributed by atoms with E-state index >= 15 is 0 Å². The molecule has 49 heavy (non-hydrogen) atoms. The van der Waals surface area contributed by atoms with E-state index in [0.29, 0.717) is 17.0 Å². The summed E-state index contributed by atoms with van der Waals surface area (Å²) in [4.78, 5) is 29.3. The molecular formula is C35H32N6O7S. The smallest absolute Gasteiger partial charge is 0.412 e. The Hall–Kier alpha value is -6.20. The molecule has 250 valence electrons.